The number of rotatable bonds is 1. The van der Waals surface area contributed by atoms with Crippen molar-refractivity contribution in [3.05, 3.63) is 57.2 Å². The Kier molecular flexibility index (Phi) is 4.39. The van der Waals surface area contributed by atoms with Crippen LogP contribution in [0.1, 0.15) is 11.5 Å². The molecule has 6 heteroatoms. The molecule has 124 valence electrons. The van der Waals surface area contributed by atoms with Crippen LogP contribution >= 0.6 is 15.9 Å². The van der Waals surface area contributed by atoms with Crippen molar-refractivity contribution in [2.24, 2.45) is 17.1 Å². The minimum Gasteiger partial charge on any atom is -0.399 e. The van der Waals surface area contributed by atoms with Gasteiger partial charge in [-0.05, 0) is 30.3 Å². The largest absolute Gasteiger partial charge is 0.399 e. The zero-order valence-corrected chi connectivity index (χ0v) is 15.3. The first-order valence-electron chi connectivity index (χ1n) is 7.85. The monoisotopic (exact) mass is 393 g/mol. The highest BCUT2D eigenvalue weighted by Gasteiger charge is 2.54. The van der Waals surface area contributed by atoms with Crippen LogP contribution in [0.2, 0.25) is 0 Å². The van der Waals surface area contributed by atoms with Crippen LogP contribution in [0, 0.1) is 45.3 Å². The van der Waals surface area contributed by atoms with Crippen molar-refractivity contribution in [1.29, 1.82) is 15.8 Å². The van der Waals surface area contributed by atoms with Crippen molar-refractivity contribution in [3.63, 3.8) is 0 Å². The van der Waals surface area contributed by atoms with Gasteiger partial charge < -0.3 is 10.6 Å². The van der Waals surface area contributed by atoms with Crippen molar-refractivity contribution < 1.29 is 0 Å². The van der Waals surface area contributed by atoms with Gasteiger partial charge in [0.25, 0.3) is 0 Å². The standard InChI is InChI=1S/C19H16BrN5/c1-25-7-6-14-15(8-21)18(24)19(10-22,11-23)17(16(14)9-25)12-2-4-13(20)5-3-12/h2-6,16-17H,7,9,24H2,1H3. The van der Waals surface area contributed by atoms with E-state index in [0.29, 0.717) is 13.1 Å². The Labute approximate surface area is 155 Å². The van der Waals surface area contributed by atoms with Crippen LogP contribution in [-0.2, 0) is 0 Å². The Hall–Kier alpha value is -2.59. The number of halogens is 1. The van der Waals surface area contributed by atoms with Gasteiger partial charge in [0.15, 0.2) is 5.41 Å². The predicted molar refractivity (Wildman–Crippen MR) is 96.4 cm³/mol. The van der Waals surface area contributed by atoms with Gasteiger partial charge in [-0.1, -0.05) is 34.1 Å². The smallest absolute Gasteiger partial charge is 0.191 e. The second-order valence-corrected chi connectivity index (χ2v) is 7.36. The number of fused-ring (bicyclic) bond motifs is 1. The summed E-state index contributed by atoms with van der Waals surface area (Å²) in [6.45, 7) is 1.37. The fraction of sp³-hybridized carbons (Fsp3) is 0.316. The number of likely N-dealkylation sites (N-methyl/N-ethyl adjacent to an activating group) is 1. The summed E-state index contributed by atoms with van der Waals surface area (Å²) in [5.41, 5.74) is 6.76. The summed E-state index contributed by atoms with van der Waals surface area (Å²) in [5, 5.41) is 29.5. The number of hydrogen-bond acceptors (Lipinski definition) is 5. The van der Waals surface area contributed by atoms with Gasteiger partial charge in [0.2, 0.25) is 0 Å². The Morgan fingerprint density at radius 2 is 1.84 bits per heavy atom. The topological polar surface area (TPSA) is 101 Å². The van der Waals surface area contributed by atoms with Gasteiger partial charge in [-0.3, -0.25) is 0 Å². The molecule has 0 bridgehead atoms. The van der Waals surface area contributed by atoms with Crippen molar-refractivity contribution in [1.82, 2.24) is 4.90 Å². The Morgan fingerprint density at radius 3 is 2.40 bits per heavy atom. The summed E-state index contributed by atoms with van der Waals surface area (Å²) in [6.07, 6.45) is 1.99. The molecule has 1 aromatic carbocycles. The maximum atomic E-state index is 9.93. The molecule has 2 N–H and O–H groups in total. The quantitative estimate of drug-likeness (QED) is 0.790. The van der Waals surface area contributed by atoms with Crippen LogP contribution in [0.5, 0.6) is 0 Å². The Balaban J connectivity index is 2.32. The van der Waals surface area contributed by atoms with Crippen LogP contribution in [0.3, 0.4) is 0 Å². The summed E-state index contributed by atoms with van der Waals surface area (Å²) in [6, 6.07) is 14.0. The lowest BCUT2D eigenvalue weighted by Gasteiger charge is -2.45. The van der Waals surface area contributed by atoms with E-state index in [9.17, 15) is 15.8 Å². The van der Waals surface area contributed by atoms with Crippen LogP contribution in [-0.4, -0.2) is 25.0 Å². The van der Waals surface area contributed by atoms with E-state index in [0.717, 1.165) is 15.6 Å². The summed E-state index contributed by atoms with van der Waals surface area (Å²) in [7, 11) is 1.99. The lowest BCUT2D eigenvalue weighted by molar-refractivity contribution is 0.237. The third kappa shape index (κ3) is 2.53. The van der Waals surface area contributed by atoms with Crippen molar-refractivity contribution in [2.75, 3.05) is 20.1 Å². The highest BCUT2D eigenvalue weighted by atomic mass is 79.9. The molecular weight excluding hydrogens is 378 g/mol. The van der Waals surface area contributed by atoms with Gasteiger partial charge in [-0.15, -0.1) is 0 Å². The number of allylic oxidation sites excluding steroid dienone is 2. The molecule has 0 amide bonds. The molecule has 1 aliphatic heterocycles. The van der Waals surface area contributed by atoms with Crippen molar-refractivity contribution in [2.45, 2.75) is 5.92 Å². The summed E-state index contributed by atoms with van der Waals surface area (Å²) < 4.78 is 0.921. The highest BCUT2D eigenvalue weighted by Crippen LogP contribution is 2.54. The van der Waals surface area contributed by atoms with Crippen LogP contribution in [0.25, 0.3) is 0 Å². The lowest BCUT2D eigenvalue weighted by atomic mass is 9.58. The third-order valence-corrected chi connectivity index (χ3v) is 5.60. The molecule has 1 aliphatic carbocycles. The van der Waals surface area contributed by atoms with Gasteiger partial charge in [-0.25, -0.2) is 0 Å². The molecule has 1 heterocycles. The first-order valence-corrected chi connectivity index (χ1v) is 8.65. The highest BCUT2D eigenvalue weighted by molar-refractivity contribution is 9.10. The third-order valence-electron chi connectivity index (χ3n) is 5.08. The average molecular weight is 394 g/mol. The van der Waals surface area contributed by atoms with E-state index in [-0.39, 0.29) is 17.2 Å². The molecule has 25 heavy (non-hydrogen) atoms. The van der Waals surface area contributed by atoms with E-state index >= 15 is 0 Å². The van der Waals surface area contributed by atoms with Gasteiger partial charge >= 0.3 is 0 Å². The van der Waals surface area contributed by atoms with Crippen LogP contribution in [0.15, 0.2) is 51.7 Å². The molecule has 0 radical (unpaired) electrons. The van der Waals surface area contributed by atoms with Gasteiger partial charge in [0.1, 0.15) is 6.07 Å². The predicted octanol–water partition coefficient (Wildman–Crippen LogP) is 2.80. The first kappa shape index (κ1) is 17.2. The lowest BCUT2D eigenvalue weighted by Crippen LogP contribution is -2.47. The van der Waals surface area contributed by atoms with E-state index in [1.54, 1.807) is 0 Å². The normalized spacial score (nSPS) is 25.2. The molecule has 0 saturated heterocycles. The number of hydrogen-bond donors (Lipinski definition) is 1. The van der Waals surface area contributed by atoms with Gasteiger partial charge in [-0.2, -0.15) is 15.8 Å². The molecule has 0 saturated carbocycles. The van der Waals surface area contributed by atoms with Crippen LogP contribution < -0.4 is 5.73 Å². The molecule has 5 nitrogen and oxygen atoms in total. The van der Waals surface area contributed by atoms with E-state index < -0.39 is 11.3 Å². The van der Waals surface area contributed by atoms with Crippen molar-refractivity contribution >= 4 is 15.9 Å². The zero-order chi connectivity index (χ0) is 18.2. The summed E-state index contributed by atoms with van der Waals surface area (Å²) in [5.74, 6) is -0.567. The molecule has 1 aromatic rings. The minimum absolute atomic E-state index is 0.0694. The second-order valence-electron chi connectivity index (χ2n) is 6.45. The number of nitriles is 3. The molecule has 2 aliphatic rings. The zero-order valence-electron chi connectivity index (χ0n) is 13.7. The van der Waals surface area contributed by atoms with Gasteiger partial charge in [0.05, 0.1) is 23.4 Å². The van der Waals surface area contributed by atoms with Crippen molar-refractivity contribution in [3.8, 4) is 18.2 Å². The average Bonchev–Trinajstić information content (AvgIpc) is 2.62. The van der Waals surface area contributed by atoms with Crippen LogP contribution in [0.4, 0.5) is 0 Å². The van der Waals surface area contributed by atoms with E-state index in [4.69, 9.17) is 5.73 Å². The summed E-state index contributed by atoms with van der Waals surface area (Å²) in [4.78, 5) is 2.12. The molecule has 3 rings (SSSR count). The SMILES string of the molecule is CN1CC=C2C(C#N)=C(N)C(C#N)(C#N)C(c3ccc(Br)cc3)C2C1. The molecular formula is C19H16BrN5. The maximum absolute atomic E-state index is 9.93. The second kappa shape index (κ2) is 6.37. The molecule has 0 spiro atoms. The fourth-order valence-electron chi connectivity index (χ4n) is 3.87. The molecule has 0 aromatic heterocycles. The number of nitrogens with two attached hydrogens (primary N) is 1. The number of nitrogens with zero attached hydrogens (tertiary/aromatic N) is 4. The minimum atomic E-state index is -1.56. The Morgan fingerprint density at radius 1 is 1.20 bits per heavy atom. The van der Waals surface area contributed by atoms with E-state index in [2.05, 4.69) is 39.0 Å². The molecule has 0 fully saturated rings. The Bertz CT molecular complexity index is 878. The van der Waals surface area contributed by atoms with Gasteiger partial charge in [0, 0.05) is 29.4 Å². The number of benzene rings is 1. The van der Waals surface area contributed by atoms with E-state index in [1.807, 2.05) is 37.4 Å². The molecule has 2 unspecified atom stereocenters. The van der Waals surface area contributed by atoms with E-state index in [1.165, 1.54) is 0 Å². The molecule has 2 atom stereocenters. The maximum Gasteiger partial charge on any atom is 0.191 e. The summed E-state index contributed by atoms with van der Waals surface area (Å²) >= 11 is 3.42. The first-order chi connectivity index (χ1) is 12.0. The fourth-order valence-corrected chi connectivity index (χ4v) is 4.13.